The molecule has 0 spiro atoms. The van der Waals surface area contributed by atoms with Crippen molar-refractivity contribution in [1.82, 2.24) is 14.6 Å². The van der Waals surface area contributed by atoms with Crippen molar-refractivity contribution in [2.45, 2.75) is 51.3 Å². The number of carbonyl (C=O) groups excluding carboxylic acids is 3. The highest BCUT2D eigenvalue weighted by atomic mass is 32.1. The number of hydrogen-bond acceptors (Lipinski definition) is 8. The Balaban J connectivity index is 2.03. The predicted molar refractivity (Wildman–Crippen MR) is 114 cm³/mol. The Morgan fingerprint density at radius 3 is 2.65 bits per heavy atom. The number of nitrogens with two attached hydrogens (primary N) is 2. The number of anilines is 1. The molecule has 11 heteroatoms. The summed E-state index contributed by atoms with van der Waals surface area (Å²) in [7, 11) is 0. The van der Waals surface area contributed by atoms with Gasteiger partial charge in [0.1, 0.15) is 10.6 Å². The van der Waals surface area contributed by atoms with E-state index in [2.05, 4.69) is 9.69 Å². The van der Waals surface area contributed by atoms with Crippen molar-refractivity contribution in [2.24, 2.45) is 5.73 Å². The molecular formula is C20H27N5O5S. The Labute approximate surface area is 184 Å². The first kappa shape index (κ1) is 22.8. The highest BCUT2D eigenvalue weighted by molar-refractivity contribution is 7.09. The Bertz CT molecular complexity index is 944. The van der Waals surface area contributed by atoms with E-state index in [4.69, 9.17) is 20.6 Å². The number of nitrogens with one attached hydrogen (secondary N) is 1. The van der Waals surface area contributed by atoms with Crippen LogP contribution < -0.4 is 16.8 Å². The fraction of sp³-hybridized carbons (Fsp3) is 0.500. The largest absolute Gasteiger partial charge is 0.467 e. The van der Waals surface area contributed by atoms with E-state index in [0.29, 0.717) is 12.4 Å². The number of nitrogen functional groups attached to an aromatic ring is 1. The van der Waals surface area contributed by atoms with Crippen LogP contribution in [0.4, 0.5) is 5.69 Å². The molecule has 10 nitrogen and oxygen atoms in total. The highest BCUT2D eigenvalue weighted by Gasteiger charge is 2.39. The van der Waals surface area contributed by atoms with Gasteiger partial charge >= 0.3 is 0 Å². The molecule has 2 atom stereocenters. The molecule has 1 fully saturated rings. The molecule has 1 aliphatic heterocycles. The zero-order valence-electron chi connectivity index (χ0n) is 17.7. The Kier molecular flexibility index (Phi) is 6.65. The zero-order valence-corrected chi connectivity index (χ0v) is 18.5. The summed E-state index contributed by atoms with van der Waals surface area (Å²) in [6.45, 7) is 6.26. The zero-order chi connectivity index (χ0) is 22.8. The first-order valence-electron chi connectivity index (χ1n) is 9.91. The minimum absolute atomic E-state index is 0.0342. The van der Waals surface area contributed by atoms with Crippen molar-refractivity contribution >= 4 is 34.9 Å². The minimum atomic E-state index is -1.07. The second kappa shape index (κ2) is 9.06. The molecule has 0 saturated carbocycles. The predicted octanol–water partition coefficient (Wildman–Crippen LogP) is 1.69. The number of carbonyl (C=O) groups is 3. The minimum Gasteiger partial charge on any atom is -0.467 e. The Hall–Kier alpha value is -2.92. The number of hydrogen-bond donors (Lipinski definition) is 3. The number of aromatic nitrogens is 1. The average Bonchev–Trinajstić information content (AvgIpc) is 3.41. The third kappa shape index (κ3) is 5.23. The monoisotopic (exact) mass is 449 g/mol. The molecule has 1 aliphatic rings. The van der Waals surface area contributed by atoms with E-state index >= 15 is 0 Å². The van der Waals surface area contributed by atoms with E-state index in [1.54, 1.807) is 12.1 Å². The molecule has 0 aliphatic carbocycles. The fourth-order valence-electron chi connectivity index (χ4n) is 3.38. The van der Waals surface area contributed by atoms with Gasteiger partial charge in [-0.15, -0.1) is 0 Å². The molecule has 3 heterocycles. The van der Waals surface area contributed by atoms with Crippen molar-refractivity contribution in [3.8, 4) is 0 Å². The summed E-state index contributed by atoms with van der Waals surface area (Å²) in [6, 6.07) is 2.21. The van der Waals surface area contributed by atoms with Crippen LogP contribution >= 0.6 is 11.5 Å². The van der Waals surface area contributed by atoms with E-state index in [1.807, 2.05) is 20.8 Å². The third-order valence-corrected chi connectivity index (χ3v) is 5.56. The average molecular weight is 450 g/mol. The molecule has 168 valence electrons. The standard InChI is InChI=1S/C20H27N5O5S/c1-20(2,3)23-18(27)15(12-7-5-9-30-12)25(10-11-6-4-8-29-11)19(28)16-13(21)14(17(22)26)24-31-16/h5,7,9,11,15H,4,6,8,10,21H2,1-3H3,(H2,22,26)(H,23,27). The molecule has 2 unspecified atom stereocenters. The summed E-state index contributed by atoms with van der Waals surface area (Å²) in [6.07, 6.45) is 2.81. The van der Waals surface area contributed by atoms with Crippen molar-refractivity contribution < 1.29 is 23.5 Å². The Morgan fingerprint density at radius 1 is 1.39 bits per heavy atom. The maximum atomic E-state index is 13.6. The van der Waals surface area contributed by atoms with E-state index in [1.165, 1.54) is 11.2 Å². The molecule has 0 radical (unpaired) electrons. The van der Waals surface area contributed by atoms with Crippen LogP contribution in [0.5, 0.6) is 0 Å². The van der Waals surface area contributed by atoms with E-state index < -0.39 is 29.3 Å². The lowest BCUT2D eigenvalue weighted by Gasteiger charge is -2.33. The van der Waals surface area contributed by atoms with Crippen LogP contribution in [0, 0.1) is 0 Å². The number of primary amides is 1. The second-order valence-electron chi connectivity index (χ2n) is 8.39. The second-order valence-corrected chi connectivity index (χ2v) is 9.16. The van der Waals surface area contributed by atoms with Crippen LogP contribution in [0.3, 0.4) is 0 Å². The number of rotatable bonds is 7. The fourth-order valence-corrected chi connectivity index (χ4v) is 4.14. The van der Waals surface area contributed by atoms with Crippen molar-refractivity contribution in [2.75, 3.05) is 18.9 Å². The van der Waals surface area contributed by atoms with E-state index in [0.717, 1.165) is 24.4 Å². The van der Waals surface area contributed by atoms with Crippen LogP contribution in [0.25, 0.3) is 0 Å². The molecule has 5 N–H and O–H groups in total. The van der Waals surface area contributed by atoms with Crippen molar-refractivity contribution in [3.05, 3.63) is 34.7 Å². The topological polar surface area (TPSA) is 154 Å². The van der Waals surface area contributed by atoms with Gasteiger partial charge in [0.15, 0.2) is 11.7 Å². The molecule has 3 rings (SSSR count). The van der Waals surface area contributed by atoms with Gasteiger partial charge in [-0.05, 0) is 57.3 Å². The first-order chi connectivity index (χ1) is 14.6. The summed E-state index contributed by atoms with van der Waals surface area (Å²) in [5.74, 6) is -1.49. The van der Waals surface area contributed by atoms with Gasteiger partial charge in [0, 0.05) is 18.7 Å². The quantitative estimate of drug-likeness (QED) is 0.581. The van der Waals surface area contributed by atoms with Crippen molar-refractivity contribution in [1.29, 1.82) is 0 Å². The lowest BCUT2D eigenvalue weighted by molar-refractivity contribution is -0.128. The van der Waals surface area contributed by atoms with Crippen LogP contribution in [0.2, 0.25) is 0 Å². The summed E-state index contributed by atoms with van der Waals surface area (Å²) >= 11 is 0.768. The summed E-state index contributed by atoms with van der Waals surface area (Å²) in [5.41, 5.74) is 10.5. The maximum Gasteiger partial charge on any atom is 0.270 e. The molecule has 2 aromatic heterocycles. The van der Waals surface area contributed by atoms with Gasteiger partial charge < -0.3 is 30.8 Å². The Morgan fingerprint density at radius 2 is 2.13 bits per heavy atom. The number of ether oxygens (including phenoxy) is 1. The number of furan rings is 1. The smallest absolute Gasteiger partial charge is 0.270 e. The summed E-state index contributed by atoms with van der Waals surface area (Å²) in [4.78, 5) is 39.8. The van der Waals surface area contributed by atoms with Gasteiger partial charge in [0.05, 0.1) is 18.1 Å². The molecular weight excluding hydrogens is 422 g/mol. The third-order valence-electron chi connectivity index (χ3n) is 4.71. The first-order valence-corrected chi connectivity index (χ1v) is 10.7. The summed E-state index contributed by atoms with van der Waals surface area (Å²) < 4.78 is 15.2. The molecule has 3 amide bonds. The number of nitrogens with zero attached hydrogens (tertiary/aromatic N) is 2. The highest BCUT2D eigenvalue weighted by Crippen LogP contribution is 2.31. The van der Waals surface area contributed by atoms with Gasteiger partial charge in [0.25, 0.3) is 17.7 Å². The van der Waals surface area contributed by atoms with Crippen LogP contribution in [0.15, 0.2) is 22.8 Å². The SMILES string of the molecule is CC(C)(C)NC(=O)C(c1ccco1)N(CC1CCCO1)C(=O)c1snc(C(N)=O)c1N. The van der Waals surface area contributed by atoms with E-state index in [-0.39, 0.29) is 28.9 Å². The molecule has 2 aromatic rings. The normalized spacial score (nSPS) is 17.3. The van der Waals surface area contributed by atoms with Gasteiger partial charge in [-0.1, -0.05) is 0 Å². The molecule has 0 bridgehead atoms. The molecule has 31 heavy (non-hydrogen) atoms. The number of amides is 3. The van der Waals surface area contributed by atoms with Crippen LogP contribution in [0.1, 0.15) is 65.6 Å². The van der Waals surface area contributed by atoms with Gasteiger partial charge in [-0.3, -0.25) is 14.4 Å². The molecule has 0 aromatic carbocycles. The van der Waals surface area contributed by atoms with Gasteiger partial charge in [0.2, 0.25) is 0 Å². The molecule has 1 saturated heterocycles. The van der Waals surface area contributed by atoms with Gasteiger partial charge in [-0.25, -0.2) is 0 Å². The summed E-state index contributed by atoms with van der Waals surface area (Å²) in [5, 5.41) is 2.91. The lowest BCUT2D eigenvalue weighted by Crippen LogP contribution is -2.50. The van der Waals surface area contributed by atoms with Crippen LogP contribution in [-0.2, 0) is 9.53 Å². The van der Waals surface area contributed by atoms with Gasteiger partial charge in [-0.2, -0.15) is 4.37 Å². The maximum absolute atomic E-state index is 13.6. The lowest BCUT2D eigenvalue weighted by atomic mass is 10.1. The van der Waals surface area contributed by atoms with Crippen LogP contribution in [-0.4, -0.2) is 51.8 Å². The van der Waals surface area contributed by atoms with Crippen molar-refractivity contribution in [3.63, 3.8) is 0 Å². The van der Waals surface area contributed by atoms with E-state index in [9.17, 15) is 14.4 Å².